The van der Waals surface area contributed by atoms with Gasteiger partial charge in [0.15, 0.2) is 0 Å². The molecular formula is C15H21N3O. The Kier molecular flexibility index (Phi) is 2.32. The van der Waals surface area contributed by atoms with Gasteiger partial charge < -0.3 is 5.73 Å². The Hall–Kier alpha value is -1.32. The molecule has 19 heavy (non-hydrogen) atoms. The number of nitrogens with zero attached hydrogens (tertiary/aromatic N) is 2. The second-order valence-corrected chi connectivity index (χ2v) is 7.22. The standard InChI is InChI=1S/C15H21N3O/c16-13-7-17-14(19)18(8-13)9-15-4-10-1-11(5-15)3-12(2-10)6-15/h7-8,10-12H,1-6,9,16H2. The monoisotopic (exact) mass is 259 g/mol. The molecular weight excluding hydrogens is 238 g/mol. The summed E-state index contributed by atoms with van der Waals surface area (Å²) in [6.07, 6.45) is 11.4. The van der Waals surface area contributed by atoms with E-state index in [1.54, 1.807) is 10.8 Å². The number of nitrogens with two attached hydrogens (primary N) is 1. The zero-order valence-electron chi connectivity index (χ0n) is 11.2. The van der Waals surface area contributed by atoms with Crippen molar-refractivity contribution in [2.24, 2.45) is 23.2 Å². The maximum Gasteiger partial charge on any atom is 0.347 e. The summed E-state index contributed by atoms with van der Waals surface area (Å²) in [4.78, 5) is 15.8. The van der Waals surface area contributed by atoms with Crippen molar-refractivity contribution in [2.75, 3.05) is 5.73 Å². The first-order valence-corrected chi connectivity index (χ1v) is 7.44. The van der Waals surface area contributed by atoms with Crippen molar-refractivity contribution in [2.45, 2.75) is 45.1 Å². The van der Waals surface area contributed by atoms with Crippen LogP contribution in [0.2, 0.25) is 0 Å². The molecule has 2 N–H and O–H groups in total. The largest absolute Gasteiger partial charge is 0.396 e. The number of hydrogen-bond donors (Lipinski definition) is 1. The normalized spacial score (nSPS) is 39.7. The number of anilines is 1. The molecule has 4 bridgehead atoms. The molecule has 0 spiro atoms. The van der Waals surface area contributed by atoms with Crippen molar-refractivity contribution >= 4 is 5.69 Å². The van der Waals surface area contributed by atoms with Crippen LogP contribution in [0.25, 0.3) is 0 Å². The summed E-state index contributed by atoms with van der Waals surface area (Å²) in [5.41, 5.74) is 6.57. The van der Waals surface area contributed by atoms with Crippen molar-refractivity contribution < 1.29 is 0 Å². The Bertz CT molecular complexity index is 527. The van der Waals surface area contributed by atoms with E-state index < -0.39 is 0 Å². The van der Waals surface area contributed by atoms with E-state index in [0.717, 1.165) is 24.3 Å². The molecule has 0 unspecified atom stereocenters. The van der Waals surface area contributed by atoms with E-state index in [2.05, 4.69) is 4.98 Å². The van der Waals surface area contributed by atoms with Gasteiger partial charge in [0.05, 0.1) is 11.9 Å². The number of aromatic nitrogens is 2. The molecule has 102 valence electrons. The molecule has 4 saturated carbocycles. The molecule has 4 aliphatic rings. The lowest BCUT2D eigenvalue weighted by atomic mass is 9.49. The minimum absolute atomic E-state index is 0.148. The van der Waals surface area contributed by atoms with Crippen LogP contribution in [0.3, 0.4) is 0 Å². The second-order valence-electron chi connectivity index (χ2n) is 7.22. The molecule has 5 rings (SSSR count). The fourth-order valence-corrected chi connectivity index (χ4v) is 5.43. The number of nitrogen functional groups attached to an aromatic ring is 1. The van der Waals surface area contributed by atoms with Crippen molar-refractivity contribution in [3.05, 3.63) is 22.9 Å². The van der Waals surface area contributed by atoms with Crippen LogP contribution >= 0.6 is 0 Å². The van der Waals surface area contributed by atoms with Crippen LogP contribution in [0, 0.1) is 23.2 Å². The van der Waals surface area contributed by atoms with Crippen molar-refractivity contribution in [1.82, 2.24) is 9.55 Å². The lowest BCUT2D eigenvalue weighted by molar-refractivity contribution is -0.0625. The molecule has 0 aromatic carbocycles. The molecule has 1 heterocycles. The fourth-order valence-electron chi connectivity index (χ4n) is 5.43. The minimum Gasteiger partial charge on any atom is -0.396 e. The van der Waals surface area contributed by atoms with Crippen LogP contribution in [-0.4, -0.2) is 9.55 Å². The van der Waals surface area contributed by atoms with Gasteiger partial charge in [0.25, 0.3) is 0 Å². The lowest BCUT2D eigenvalue weighted by Crippen LogP contribution is -2.49. The molecule has 4 fully saturated rings. The highest BCUT2D eigenvalue weighted by Crippen LogP contribution is 2.60. The molecule has 0 amide bonds. The quantitative estimate of drug-likeness (QED) is 0.884. The Balaban J connectivity index is 1.66. The molecule has 1 aromatic heterocycles. The molecule has 0 saturated heterocycles. The van der Waals surface area contributed by atoms with Crippen LogP contribution in [-0.2, 0) is 6.54 Å². The average molecular weight is 259 g/mol. The Morgan fingerprint density at radius 3 is 2.37 bits per heavy atom. The topological polar surface area (TPSA) is 60.9 Å². The van der Waals surface area contributed by atoms with E-state index in [-0.39, 0.29) is 5.69 Å². The maximum atomic E-state index is 11.9. The van der Waals surface area contributed by atoms with Crippen LogP contribution in [0.1, 0.15) is 38.5 Å². The second kappa shape index (κ2) is 3.84. The molecule has 0 atom stereocenters. The van der Waals surface area contributed by atoms with Gasteiger partial charge in [-0.15, -0.1) is 0 Å². The van der Waals surface area contributed by atoms with E-state index >= 15 is 0 Å². The predicted octanol–water partition coefficient (Wildman–Crippen LogP) is 2.04. The molecule has 0 aliphatic heterocycles. The molecule has 4 heteroatoms. The van der Waals surface area contributed by atoms with Gasteiger partial charge in [0.1, 0.15) is 0 Å². The van der Waals surface area contributed by atoms with E-state index in [4.69, 9.17) is 5.73 Å². The van der Waals surface area contributed by atoms with Crippen LogP contribution < -0.4 is 11.4 Å². The molecule has 0 radical (unpaired) electrons. The zero-order valence-corrected chi connectivity index (χ0v) is 11.2. The highest BCUT2D eigenvalue weighted by molar-refractivity contribution is 5.30. The van der Waals surface area contributed by atoms with Crippen molar-refractivity contribution in [3.63, 3.8) is 0 Å². The predicted molar refractivity (Wildman–Crippen MR) is 73.5 cm³/mol. The smallest absolute Gasteiger partial charge is 0.347 e. The molecule has 4 nitrogen and oxygen atoms in total. The summed E-state index contributed by atoms with van der Waals surface area (Å²) in [5, 5.41) is 0. The highest BCUT2D eigenvalue weighted by atomic mass is 16.1. The number of rotatable bonds is 2. The third-order valence-electron chi connectivity index (χ3n) is 5.55. The van der Waals surface area contributed by atoms with Gasteiger partial charge in [0, 0.05) is 12.7 Å². The number of hydrogen-bond acceptors (Lipinski definition) is 3. The minimum atomic E-state index is -0.148. The Morgan fingerprint density at radius 2 is 1.79 bits per heavy atom. The van der Waals surface area contributed by atoms with Gasteiger partial charge in [-0.1, -0.05) is 0 Å². The van der Waals surface area contributed by atoms with Gasteiger partial charge in [-0.3, -0.25) is 4.57 Å². The third-order valence-corrected chi connectivity index (χ3v) is 5.55. The summed E-state index contributed by atoms with van der Waals surface area (Å²) in [6, 6.07) is 0. The van der Waals surface area contributed by atoms with Crippen LogP contribution in [0.15, 0.2) is 17.2 Å². The molecule has 4 aliphatic carbocycles. The SMILES string of the molecule is Nc1cnc(=O)n(CC23CC4CC(CC(C4)C2)C3)c1. The highest BCUT2D eigenvalue weighted by Gasteiger charge is 2.50. The van der Waals surface area contributed by atoms with E-state index in [1.807, 2.05) is 0 Å². The zero-order chi connectivity index (χ0) is 13.0. The van der Waals surface area contributed by atoms with Gasteiger partial charge in [-0.2, -0.15) is 4.98 Å². The van der Waals surface area contributed by atoms with Gasteiger partial charge in [-0.25, -0.2) is 4.79 Å². The van der Waals surface area contributed by atoms with Gasteiger partial charge in [0.2, 0.25) is 0 Å². The van der Waals surface area contributed by atoms with Gasteiger partial charge in [-0.05, 0) is 61.7 Å². The van der Waals surface area contributed by atoms with Crippen molar-refractivity contribution in [3.8, 4) is 0 Å². The Morgan fingerprint density at radius 1 is 1.21 bits per heavy atom. The third kappa shape index (κ3) is 1.88. The maximum absolute atomic E-state index is 11.9. The Labute approximate surface area is 113 Å². The summed E-state index contributed by atoms with van der Waals surface area (Å²) >= 11 is 0. The summed E-state index contributed by atoms with van der Waals surface area (Å²) in [7, 11) is 0. The van der Waals surface area contributed by atoms with E-state index in [1.165, 1.54) is 44.7 Å². The first-order chi connectivity index (χ1) is 9.12. The lowest BCUT2D eigenvalue weighted by Gasteiger charge is -2.57. The summed E-state index contributed by atoms with van der Waals surface area (Å²) in [6.45, 7) is 0.827. The fraction of sp³-hybridized carbons (Fsp3) is 0.733. The first kappa shape index (κ1) is 11.5. The summed E-state index contributed by atoms with van der Waals surface area (Å²) < 4.78 is 1.75. The van der Waals surface area contributed by atoms with Crippen molar-refractivity contribution in [1.29, 1.82) is 0 Å². The van der Waals surface area contributed by atoms with E-state index in [0.29, 0.717) is 11.1 Å². The first-order valence-electron chi connectivity index (χ1n) is 7.44. The van der Waals surface area contributed by atoms with Gasteiger partial charge >= 0.3 is 5.69 Å². The van der Waals surface area contributed by atoms with Crippen LogP contribution in [0.5, 0.6) is 0 Å². The summed E-state index contributed by atoms with van der Waals surface area (Å²) in [5.74, 6) is 2.74. The molecule has 1 aromatic rings. The average Bonchev–Trinajstić information content (AvgIpc) is 2.31. The van der Waals surface area contributed by atoms with Crippen LogP contribution in [0.4, 0.5) is 5.69 Å². The van der Waals surface area contributed by atoms with E-state index in [9.17, 15) is 4.79 Å².